The Labute approximate surface area is 316 Å². The number of likely N-dealkylation sites (tertiary alicyclic amines) is 2. The predicted molar refractivity (Wildman–Crippen MR) is 211 cm³/mol. The summed E-state index contributed by atoms with van der Waals surface area (Å²) in [6.07, 6.45) is 62.3. The van der Waals surface area contributed by atoms with E-state index in [4.69, 9.17) is 9.47 Å². The van der Waals surface area contributed by atoms with Crippen molar-refractivity contribution in [1.82, 2.24) is 9.80 Å². The summed E-state index contributed by atoms with van der Waals surface area (Å²) in [6.45, 7) is 0. The number of fused-ring (bicyclic) bond motifs is 14. The molecule has 8 aliphatic carbocycles. The van der Waals surface area contributed by atoms with Crippen LogP contribution in [0.5, 0.6) is 0 Å². The van der Waals surface area contributed by atoms with E-state index >= 15 is 0 Å². The molecule has 4 saturated heterocycles. The van der Waals surface area contributed by atoms with E-state index in [1.807, 2.05) is 0 Å². The quantitative estimate of drug-likeness (QED) is 0.268. The number of hydrogen-bond acceptors (Lipinski definition) is 4. The summed E-state index contributed by atoms with van der Waals surface area (Å²) in [5.41, 5.74) is 2.86. The van der Waals surface area contributed by atoms with Gasteiger partial charge in [-0.25, -0.2) is 0 Å². The minimum Gasteiger partial charge on any atom is -0.484 e. The Morgan fingerprint density at radius 3 is 2.23 bits per heavy atom. The molecule has 0 bridgehead atoms. The molecule has 12 aliphatic rings. The molecule has 0 N–H and O–H groups in total. The molecule has 0 saturated carbocycles. The third-order valence-corrected chi connectivity index (χ3v) is 16.1. The van der Waals surface area contributed by atoms with Crippen LogP contribution in [0.1, 0.15) is 57.8 Å². The minimum absolute atomic E-state index is 0.0149. The Bertz CT molecular complexity index is 1900. The third-order valence-electron chi connectivity index (χ3n) is 16.1. The van der Waals surface area contributed by atoms with Crippen LogP contribution in [0, 0.1) is 46.8 Å². The summed E-state index contributed by atoms with van der Waals surface area (Å²) >= 11 is 0. The van der Waals surface area contributed by atoms with E-state index in [1.54, 1.807) is 0 Å². The molecule has 16 unspecified atom stereocenters. The second-order valence-electron chi connectivity index (χ2n) is 18.1. The highest BCUT2D eigenvalue weighted by molar-refractivity contribution is 5.50. The van der Waals surface area contributed by atoms with Crippen LogP contribution in [0.2, 0.25) is 0 Å². The molecular formula is C49H54N2O2. The summed E-state index contributed by atoms with van der Waals surface area (Å²) in [5.74, 6) is 4.56. The molecule has 0 aromatic rings. The number of ether oxygens (including phenoxy) is 2. The lowest BCUT2D eigenvalue weighted by molar-refractivity contribution is -0.173. The van der Waals surface area contributed by atoms with Crippen LogP contribution in [0.15, 0.2) is 145 Å². The molecule has 4 heteroatoms. The van der Waals surface area contributed by atoms with E-state index in [0.29, 0.717) is 59.8 Å². The van der Waals surface area contributed by atoms with Gasteiger partial charge in [-0.15, -0.1) is 0 Å². The molecular weight excluding hydrogens is 649 g/mol. The standard InChI is InChI=1S/C49H54N2O2/c1-7-21-40-32(14-1)33-15-2-8-22-41(33)50(40)31-28-29-47-39(30-31)49(36-18-5-11-26-45(36)52-47)37-19-6-12-27-46(37)53-48-38(49)20-13-25-44(48)51-42-23-9-3-16-34(42)35-17-4-10-24-43(35)51/h1-3,5-7,10-12,14-16,18-21,24,26-29,31-37,39-43,45-47H,4,8-9,13,17,22-23,25,30H2. The van der Waals surface area contributed by atoms with E-state index in [2.05, 4.69) is 137 Å². The van der Waals surface area contributed by atoms with Gasteiger partial charge in [0.2, 0.25) is 0 Å². The van der Waals surface area contributed by atoms with E-state index < -0.39 is 0 Å². The van der Waals surface area contributed by atoms with Gasteiger partial charge in [-0.3, -0.25) is 4.90 Å². The number of hydrogen-bond donors (Lipinski definition) is 0. The lowest BCUT2D eigenvalue weighted by Gasteiger charge is -2.64. The summed E-state index contributed by atoms with van der Waals surface area (Å²) in [4.78, 5) is 5.88. The lowest BCUT2D eigenvalue weighted by atomic mass is 9.47. The predicted octanol–water partition coefficient (Wildman–Crippen LogP) is 9.25. The first-order valence-electron chi connectivity index (χ1n) is 21.4. The number of nitrogens with zero attached hydrogens (tertiary/aromatic N) is 2. The van der Waals surface area contributed by atoms with Gasteiger partial charge in [0.05, 0.1) is 23.9 Å². The smallest absolute Gasteiger partial charge is 0.142 e. The molecule has 4 aliphatic heterocycles. The molecule has 1 spiro atoms. The number of allylic oxidation sites excluding steroid dienone is 12. The molecule has 0 aromatic heterocycles. The monoisotopic (exact) mass is 702 g/mol. The lowest BCUT2D eigenvalue weighted by Crippen LogP contribution is -2.64. The average molecular weight is 703 g/mol. The fraction of sp³-hybridized carbons (Fsp3) is 0.510. The van der Waals surface area contributed by atoms with Crippen molar-refractivity contribution in [3.05, 3.63) is 145 Å². The largest absolute Gasteiger partial charge is 0.484 e. The van der Waals surface area contributed by atoms with Crippen molar-refractivity contribution >= 4 is 0 Å². The minimum atomic E-state index is -0.149. The molecule has 0 amide bonds. The van der Waals surface area contributed by atoms with Crippen molar-refractivity contribution in [2.24, 2.45) is 46.8 Å². The summed E-state index contributed by atoms with van der Waals surface area (Å²) in [6, 6.07) is 2.44. The van der Waals surface area contributed by atoms with E-state index in [9.17, 15) is 0 Å². The van der Waals surface area contributed by atoms with Crippen molar-refractivity contribution < 1.29 is 9.47 Å². The van der Waals surface area contributed by atoms with Crippen molar-refractivity contribution in [2.75, 3.05) is 0 Å². The first-order valence-corrected chi connectivity index (χ1v) is 21.4. The van der Waals surface area contributed by atoms with Gasteiger partial charge in [0.15, 0.2) is 0 Å². The van der Waals surface area contributed by atoms with Gasteiger partial charge >= 0.3 is 0 Å². The fourth-order valence-corrected chi connectivity index (χ4v) is 14.3. The topological polar surface area (TPSA) is 24.9 Å². The normalized spacial score (nSPS) is 49.1. The van der Waals surface area contributed by atoms with E-state index in [-0.39, 0.29) is 35.6 Å². The van der Waals surface area contributed by atoms with Crippen molar-refractivity contribution in [1.29, 1.82) is 0 Å². The Kier molecular flexibility index (Phi) is 7.30. The molecule has 4 fully saturated rings. The zero-order chi connectivity index (χ0) is 34.7. The highest BCUT2D eigenvalue weighted by atomic mass is 16.5. The van der Waals surface area contributed by atoms with Crippen molar-refractivity contribution in [3.8, 4) is 0 Å². The Balaban J connectivity index is 1.02. The molecule has 4 heterocycles. The first-order chi connectivity index (χ1) is 26.3. The molecule has 0 radical (unpaired) electrons. The molecule has 272 valence electrons. The Morgan fingerprint density at radius 1 is 0.585 bits per heavy atom. The van der Waals surface area contributed by atoms with Crippen LogP contribution in [-0.4, -0.2) is 58.3 Å². The number of rotatable bonds is 2. The van der Waals surface area contributed by atoms with Crippen LogP contribution in [0.3, 0.4) is 0 Å². The second kappa shape index (κ2) is 12.2. The van der Waals surface area contributed by atoms with Crippen LogP contribution in [-0.2, 0) is 9.47 Å². The molecule has 12 rings (SSSR count). The van der Waals surface area contributed by atoms with Crippen LogP contribution >= 0.6 is 0 Å². The SMILES string of the molecule is C1=CC2OC3=C(N4C5C=CCCC5C5C=CCCC54)CCC=C3C3(C2C=C1)C1C=CC=CC1OC1C=CC(N2C4C=CC=CC4C4C=CCCC42)CC13. The second-order valence-corrected chi connectivity index (χ2v) is 18.1. The van der Waals surface area contributed by atoms with Crippen molar-refractivity contribution in [3.63, 3.8) is 0 Å². The highest BCUT2D eigenvalue weighted by Gasteiger charge is 2.66. The Morgan fingerprint density at radius 2 is 1.32 bits per heavy atom. The zero-order valence-corrected chi connectivity index (χ0v) is 30.9. The van der Waals surface area contributed by atoms with Crippen LogP contribution < -0.4 is 0 Å². The molecule has 0 aromatic carbocycles. The van der Waals surface area contributed by atoms with Gasteiger partial charge < -0.3 is 14.4 Å². The Hall–Kier alpha value is -3.60. The first kappa shape index (κ1) is 31.7. The summed E-state index contributed by atoms with van der Waals surface area (Å²) in [5, 5.41) is 0. The van der Waals surface area contributed by atoms with E-state index in [1.165, 1.54) is 55.6 Å². The highest BCUT2D eigenvalue weighted by Crippen LogP contribution is 2.66. The van der Waals surface area contributed by atoms with E-state index in [0.717, 1.165) is 19.3 Å². The summed E-state index contributed by atoms with van der Waals surface area (Å²) < 4.78 is 14.7. The molecule has 4 nitrogen and oxygen atoms in total. The van der Waals surface area contributed by atoms with Gasteiger partial charge in [-0.2, -0.15) is 0 Å². The van der Waals surface area contributed by atoms with Crippen LogP contribution in [0.4, 0.5) is 0 Å². The van der Waals surface area contributed by atoms with Gasteiger partial charge in [-0.05, 0) is 69.8 Å². The third kappa shape index (κ3) is 4.43. The zero-order valence-electron chi connectivity index (χ0n) is 30.9. The fourth-order valence-electron chi connectivity index (χ4n) is 14.3. The van der Waals surface area contributed by atoms with Gasteiger partial charge in [0, 0.05) is 70.7 Å². The van der Waals surface area contributed by atoms with Gasteiger partial charge in [0.25, 0.3) is 0 Å². The maximum absolute atomic E-state index is 7.49. The van der Waals surface area contributed by atoms with Gasteiger partial charge in [-0.1, -0.05) is 122 Å². The van der Waals surface area contributed by atoms with Crippen LogP contribution in [0.25, 0.3) is 0 Å². The molecule has 53 heavy (non-hydrogen) atoms. The van der Waals surface area contributed by atoms with Gasteiger partial charge in [0.1, 0.15) is 11.9 Å². The molecule has 16 atom stereocenters. The average Bonchev–Trinajstić information content (AvgIpc) is 3.74. The maximum atomic E-state index is 7.49. The van der Waals surface area contributed by atoms with Crippen molar-refractivity contribution in [2.45, 2.75) is 106 Å². The summed E-state index contributed by atoms with van der Waals surface area (Å²) in [7, 11) is 0. The maximum Gasteiger partial charge on any atom is 0.142 e.